The summed E-state index contributed by atoms with van der Waals surface area (Å²) in [5.74, 6) is 0.600. The molecule has 1 aliphatic heterocycles. The van der Waals surface area contributed by atoms with Crippen LogP contribution in [0.15, 0.2) is 24.3 Å². The van der Waals surface area contributed by atoms with Crippen molar-refractivity contribution in [1.82, 2.24) is 5.32 Å². The molecule has 2 rings (SSSR count). The van der Waals surface area contributed by atoms with Gasteiger partial charge in [-0.05, 0) is 42.5 Å². The molecule has 0 saturated carbocycles. The fourth-order valence-corrected chi connectivity index (χ4v) is 2.53. The predicted octanol–water partition coefficient (Wildman–Crippen LogP) is 2.39. The summed E-state index contributed by atoms with van der Waals surface area (Å²) in [4.78, 5) is 10.8. The van der Waals surface area contributed by atoms with E-state index in [9.17, 15) is 4.79 Å². The number of rotatable bonds is 2. The van der Waals surface area contributed by atoms with Gasteiger partial charge >= 0.3 is 0 Å². The molecule has 1 fully saturated rings. The van der Waals surface area contributed by atoms with Gasteiger partial charge in [0.1, 0.15) is 6.29 Å². The van der Waals surface area contributed by atoms with E-state index in [-0.39, 0.29) is 5.41 Å². The number of hydrogen-bond acceptors (Lipinski definition) is 2. The molecule has 0 bridgehead atoms. The van der Waals surface area contributed by atoms with E-state index in [1.54, 1.807) is 0 Å². The largest absolute Gasteiger partial charge is 0.316 e. The Morgan fingerprint density at radius 2 is 2.31 bits per heavy atom. The molecule has 1 heterocycles. The van der Waals surface area contributed by atoms with Gasteiger partial charge in [-0.1, -0.05) is 32.0 Å². The van der Waals surface area contributed by atoms with E-state index in [1.165, 1.54) is 5.56 Å². The van der Waals surface area contributed by atoms with Crippen LogP contribution in [0.1, 0.15) is 36.2 Å². The Kier molecular flexibility index (Phi) is 3.10. The maximum absolute atomic E-state index is 10.8. The second kappa shape index (κ2) is 4.38. The van der Waals surface area contributed by atoms with E-state index in [0.29, 0.717) is 5.92 Å². The van der Waals surface area contributed by atoms with Crippen molar-refractivity contribution in [2.24, 2.45) is 5.92 Å². The van der Waals surface area contributed by atoms with Gasteiger partial charge in [0.25, 0.3) is 0 Å². The second-order valence-electron chi connectivity index (χ2n) is 5.02. The van der Waals surface area contributed by atoms with Crippen LogP contribution >= 0.6 is 0 Å². The van der Waals surface area contributed by atoms with Gasteiger partial charge in [0.05, 0.1) is 0 Å². The smallest absolute Gasteiger partial charge is 0.150 e. The number of piperidine rings is 1. The predicted molar refractivity (Wildman–Crippen MR) is 65.8 cm³/mol. The number of hydrogen-bond donors (Lipinski definition) is 1. The van der Waals surface area contributed by atoms with Gasteiger partial charge in [0.15, 0.2) is 0 Å². The minimum absolute atomic E-state index is 0.199. The number of nitrogens with one attached hydrogen (secondary N) is 1. The average molecular weight is 217 g/mol. The van der Waals surface area contributed by atoms with Gasteiger partial charge < -0.3 is 5.32 Å². The first-order valence-electron chi connectivity index (χ1n) is 5.93. The highest BCUT2D eigenvalue weighted by atomic mass is 16.1. The zero-order valence-electron chi connectivity index (χ0n) is 9.99. The van der Waals surface area contributed by atoms with Gasteiger partial charge in [0.2, 0.25) is 0 Å². The van der Waals surface area contributed by atoms with Crippen LogP contribution in [0.5, 0.6) is 0 Å². The van der Waals surface area contributed by atoms with Crippen molar-refractivity contribution in [3.63, 3.8) is 0 Å². The van der Waals surface area contributed by atoms with E-state index < -0.39 is 0 Å². The third-order valence-corrected chi connectivity index (χ3v) is 4.04. The molecule has 1 aliphatic rings. The van der Waals surface area contributed by atoms with Gasteiger partial charge in [-0.25, -0.2) is 0 Å². The van der Waals surface area contributed by atoms with Crippen molar-refractivity contribution in [3.05, 3.63) is 35.4 Å². The molecule has 1 aromatic rings. The van der Waals surface area contributed by atoms with Gasteiger partial charge in [-0.3, -0.25) is 4.79 Å². The molecule has 16 heavy (non-hydrogen) atoms. The molecule has 0 aliphatic carbocycles. The van der Waals surface area contributed by atoms with Crippen molar-refractivity contribution in [2.75, 3.05) is 13.1 Å². The van der Waals surface area contributed by atoms with Gasteiger partial charge in [-0.2, -0.15) is 0 Å². The van der Waals surface area contributed by atoms with E-state index in [0.717, 1.165) is 31.4 Å². The number of carbonyl (C=O) groups is 1. The molecule has 2 nitrogen and oxygen atoms in total. The summed E-state index contributed by atoms with van der Waals surface area (Å²) in [6.45, 7) is 6.70. The normalized spacial score (nSPS) is 30.0. The van der Waals surface area contributed by atoms with Crippen LogP contribution in [-0.2, 0) is 5.41 Å². The summed E-state index contributed by atoms with van der Waals surface area (Å²) < 4.78 is 0. The summed E-state index contributed by atoms with van der Waals surface area (Å²) in [7, 11) is 0. The molecular weight excluding hydrogens is 198 g/mol. The lowest BCUT2D eigenvalue weighted by atomic mass is 9.68. The zero-order chi connectivity index (χ0) is 11.6. The molecule has 0 unspecified atom stereocenters. The van der Waals surface area contributed by atoms with Crippen molar-refractivity contribution in [3.8, 4) is 0 Å². The molecule has 2 heteroatoms. The molecular formula is C14H19NO. The fourth-order valence-electron chi connectivity index (χ4n) is 2.53. The highest BCUT2D eigenvalue weighted by molar-refractivity contribution is 5.75. The van der Waals surface area contributed by atoms with E-state index in [4.69, 9.17) is 0 Å². The topological polar surface area (TPSA) is 29.1 Å². The zero-order valence-corrected chi connectivity index (χ0v) is 9.99. The molecule has 0 spiro atoms. The lowest BCUT2D eigenvalue weighted by Crippen LogP contribution is -2.44. The Morgan fingerprint density at radius 3 is 3.00 bits per heavy atom. The molecule has 0 amide bonds. The van der Waals surface area contributed by atoms with Crippen molar-refractivity contribution in [2.45, 2.75) is 25.7 Å². The third-order valence-electron chi connectivity index (χ3n) is 4.04. The maximum atomic E-state index is 10.8. The molecule has 1 aromatic carbocycles. The Balaban J connectivity index is 2.36. The number of carbonyl (C=O) groups excluding carboxylic acids is 1. The minimum Gasteiger partial charge on any atom is -0.316 e. The standard InChI is InChI=1S/C14H19NO/c1-11-9-15-7-6-14(11,2)13-5-3-4-12(8-13)10-16/h3-5,8,10-11,15H,6-7,9H2,1-2H3/t11-,14+/m0/s1. The molecule has 0 radical (unpaired) electrons. The van der Waals surface area contributed by atoms with Crippen LogP contribution in [0.3, 0.4) is 0 Å². The highest BCUT2D eigenvalue weighted by Gasteiger charge is 2.35. The maximum Gasteiger partial charge on any atom is 0.150 e. The van der Waals surface area contributed by atoms with Gasteiger partial charge in [-0.15, -0.1) is 0 Å². The summed E-state index contributed by atoms with van der Waals surface area (Å²) in [5, 5.41) is 3.42. The first kappa shape index (κ1) is 11.3. The molecule has 2 atom stereocenters. The average Bonchev–Trinajstić information content (AvgIpc) is 2.33. The first-order chi connectivity index (χ1) is 7.66. The Labute approximate surface area is 97.1 Å². The summed E-state index contributed by atoms with van der Waals surface area (Å²) in [6, 6.07) is 8.04. The quantitative estimate of drug-likeness (QED) is 0.771. The lowest BCUT2D eigenvalue weighted by Gasteiger charge is -2.40. The first-order valence-corrected chi connectivity index (χ1v) is 5.93. The second-order valence-corrected chi connectivity index (χ2v) is 5.02. The monoisotopic (exact) mass is 217 g/mol. The van der Waals surface area contributed by atoms with Crippen molar-refractivity contribution in [1.29, 1.82) is 0 Å². The Morgan fingerprint density at radius 1 is 1.50 bits per heavy atom. The van der Waals surface area contributed by atoms with Gasteiger partial charge in [0, 0.05) is 5.56 Å². The van der Waals surface area contributed by atoms with Crippen LogP contribution in [0.25, 0.3) is 0 Å². The number of benzene rings is 1. The van der Waals surface area contributed by atoms with E-state index in [1.807, 2.05) is 18.2 Å². The minimum atomic E-state index is 0.199. The summed E-state index contributed by atoms with van der Waals surface area (Å²) in [5.41, 5.74) is 2.28. The SMILES string of the molecule is C[C@H]1CNCC[C@@]1(C)c1cccc(C=O)c1. The van der Waals surface area contributed by atoms with Crippen molar-refractivity contribution < 1.29 is 4.79 Å². The van der Waals surface area contributed by atoms with E-state index in [2.05, 4.69) is 25.2 Å². The lowest BCUT2D eigenvalue weighted by molar-refractivity contribution is 0.112. The summed E-state index contributed by atoms with van der Waals surface area (Å²) >= 11 is 0. The molecule has 1 N–H and O–H groups in total. The molecule has 1 saturated heterocycles. The highest BCUT2D eigenvalue weighted by Crippen LogP contribution is 2.37. The van der Waals surface area contributed by atoms with E-state index >= 15 is 0 Å². The Hall–Kier alpha value is -1.15. The third kappa shape index (κ3) is 1.90. The van der Waals surface area contributed by atoms with Crippen LogP contribution in [0.2, 0.25) is 0 Å². The fraction of sp³-hybridized carbons (Fsp3) is 0.500. The number of aldehydes is 1. The molecule has 0 aromatic heterocycles. The molecule has 86 valence electrons. The van der Waals surface area contributed by atoms with Crippen molar-refractivity contribution >= 4 is 6.29 Å². The van der Waals surface area contributed by atoms with Crippen LogP contribution in [-0.4, -0.2) is 19.4 Å². The van der Waals surface area contributed by atoms with Crippen LogP contribution in [0.4, 0.5) is 0 Å². The van der Waals surface area contributed by atoms with Crippen LogP contribution < -0.4 is 5.32 Å². The Bertz CT molecular complexity index is 388. The van der Waals surface area contributed by atoms with Crippen LogP contribution in [0, 0.1) is 5.92 Å². The summed E-state index contributed by atoms with van der Waals surface area (Å²) in [6.07, 6.45) is 2.06.